The van der Waals surface area contributed by atoms with Gasteiger partial charge in [-0.3, -0.25) is 4.18 Å². The van der Waals surface area contributed by atoms with Crippen molar-refractivity contribution < 1.29 is 56.2 Å². The molecule has 35 heavy (non-hydrogen) atoms. The molecule has 0 aromatic heterocycles. The smallest absolute Gasteiger partial charge is 0.726 e. The van der Waals surface area contributed by atoms with Crippen LogP contribution in [0.1, 0.15) is 96.5 Å². The van der Waals surface area contributed by atoms with Crippen LogP contribution in [0.5, 0.6) is 0 Å². The number of benzene rings is 1. The molecule has 0 saturated carbocycles. The maximum Gasteiger partial charge on any atom is 1.00 e. The SMILES string of the molecule is C=CC(=O)OCCCC.C=Cc1ccccc1.CCCCCCCCCCCCOS(=O)(=O)[O-].[Na+]. The van der Waals surface area contributed by atoms with Gasteiger partial charge >= 0.3 is 35.5 Å². The Morgan fingerprint density at radius 3 is 1.71 bits per heavy atom. The number of hydrogen-bond acceptors (Lipinski definition) is 6. The molecule has 0 fully saturated rings. The van der Waals surface area contributed by atoms with E-state index in [9.17, 15) is 17.8 Å². The first-order valence-corrected chi connectivity index (χ1v) is 13.7. The van der Waals surface area contributed by atoms with Gasteiger partial charge in [-0.05, 0) is 18.4 Å². The summed E-state index contributed by atoms with van der Waals surface area (Å²) >= 11 is 0. The maximum absolute atomic E-state index is 10.3. The van der Waals surface area contributed by atoms with E-state index in [1.807, 2.05) is 43.3 Å². The van der Waals surface area contributed by atoms with Gasteiger partial charge in [0.25, 0.3) is 0 Å². The van der Waals surface area contributed by atoms with Crippen LogP contribution in [0.15, 0.2) is 49.6 Å². The molecule has 6 nitrogen and oxygen atoms in total. The van der Waals surface area contributed by atoms with Crippen LogP contribution in [0, 0.1) is 0 Å². The van der Waals surface area contributed by atoms with Crippen LogP contribution in [-0.2, 0) is 24.1 Å². The second-order valence-corrected chi connectivity index (χ2v) is 8.80. The summed E-state index contributed by atoms with van der Waals surface area (Å²) in [4.78, 5) is 10.3. The third-order valence-electron chi connectivity index (χ3n) is 4.67. The van der Waals surface area contributed by atoms with E-state index >= 15 is 0 Å². The van der Waals surface area contributed by atoms with Crippen molar-refractivity contribution in [2.24, 2.45) is 0 Å². The van der Waals surface area contributed by atoms with Gasteiger partial charge in [-0.25, -0.2) is 13.2 Å². The molecular weight excluding hydrogens is 475 g/mol. The molecule has 0 radical (unpaired) electrons. The van der Waals surface area contributed by atoms with Crippen molar-refractivity contribution in [3.8, 4) is 0 Å². The summed E-state index contributed by atoms with van der Waals surface area (Å²) in [6.07, 6.45) is 16.7. The average molecular weight is 521 g/mol. The predicted octanol–water partition coefficient (Wildman–Crippen LogP) is 4.23. The topological polar surface area (TPSA) is 92.7 Å². The minimum atomic E-state index is -4.48. The molecule has 0 saturated heterocycles. The summed E-state index contributed by atoms with van der Waals surface area (Å²) in [5, 5.41) is 0. The van der Waals surface area contributed by atoms with E-state index in [2.05, 4.69) is 29.0 Å². The summed E-state index contributed by atoms with van der Waals surface area (Å²) < 4.78 is 39.1. The molecule has 196 valence electrons. The van der Waals surface area contributed by atoms with Gasteiger partial charge in [0.1, 0.15) is 0 Å². The molecule has 0 aliphatic heterocycles. The van der Waals surface area contributed by atoms with Gasteiger partial charge < -0.3 is 9.29 Å². The summed E-state index contributed by atoms with van der Waals surface area (Å²) in [6.45, 7) is 11.7. The second-order valence-electron chi connectivity index (χ2n) is 7.75. The van der Waals surface area contributed by atoms with E-state index in [4.69, 9.17) is 0 Å². The van der Waals surface area contributed by atoms with Gasteiger partial charge in [-0.1, -0.05) is 128 Å². The van der Waals surface area contributed by atoms with Crippen LogP contribution >= 0.6 is 0 Å². The molecule has 1 aromatic carbocycles. The standard InChI is InChI=1S/C12H26O4S.C8H8.C7H12O2.Na/c1-2-3-4-5-6-7-8-9-10-11-12-16-17(13,14)15;1-2-8-6-4-3-5-7-8;1-3-5-6-9-7(8)4-2;/h2-12H2,1H3,(H,13,14,15);2-7H,1H2;4H,2-3,5-6H2,1H3;/q;;;+1/p-1. The minimum Gasteiger partial charge on any atom is -0.726 e. The maximum atomic E-state index is 10.3. The third-order valence-corrected chi connectivity index (χ3v) is 5.13. The van der Waals surface area contributed by atoms with Gasteiger partial charge in [0.15, 0.2) is 0 Å². The van der Waals surface area contributed by atoms with Crippen molar-refractivity contribution in [2.75, 3.05) is 13.2 Å². The Balaban J connectivity index is -0.000000478. The van der Waals surface area contributed by atoms with Crippen LogP contribution < -0.4 is 29.6 Å². The zero-order valence-electron chi connectivity index (χ0n) is 22.2. The van der Waals surface area contributed by atoms with E-state index in [1.165, 1.54) is 56.6 Å². The number of carbonyl (C=O) groups excluding carboxylic acids is 1. The van der Waals surface area contributed by atoms with E-state index in [0.29, 0.717) is 13.0 Å². The van der Waals surface area contributed by atoms with Crippen molar-refractivity contribution in [2.45, 2.75) is 90.9 Å². The number of ether oxygens (including phenoxy) is 1. The first-order chi connectivity index (χ1) is 16.3. The Bertz CT molecular complexity index is 708. The molecule has 0 amide bonds. The van der Waals surface area contributed by atoms with E-state index < -0.39 is 10.4 Å². The molecule has 1 aromatic rings. The fraction of sp³-hybridized carbons (Fsp3) is 0.593. The molecule has 0 unspecified atom stereocenters. The van der Waals surface area contributed by atoms with Crippen molar-refractivity contribution in [3.63, 3.8) is 0 Å². The predicted molar refractivity (Wildman–Crippen MR) is 140 cm³/mol. The van der Waals surface area contributed by atoms with Crippen LogP contribution in [-0.4, -0.2) is 32.2 Å². The van der Waals surface area contributed by atoms with Crippen LogP contribution in [0.4, 0.5) is 0 Å². The van der Waals surface area contributed by atoms with Crippen LogP contribution in [0.2, 0.25) is 0 Å². The first kappa shape index (κ1) is 38.6. The number of unbranched alkanes of at least 4 members (excludes halogenated alkanes) is 10. The van der Waals surface area contributed by atoms with Crippen molar-refractivity contribution in [3.05, 3.63) is 55.1 Å². The Labute approximate surface area is 236 Å². The molecule has 0 atom stereocenters. The van der Waals surface area contributed by atoms with Crippen LogP contribution in [0.3, 0.4) is 0 Å². The average Bonchev–Trinajstić information content (AvgIpc) is 2.83. The Morgan fingerprint density at radius 1 is 0.829 bits per heavy atom. The Kier molecular flexibility index (Phi) is 32.3. The first-order valence-electron chi connectivity index (χ1n) is 12.4. The monoisotopic (exact) mass is 520 g/mol. The van der Waals surface area contributed by atoms with Gasteiger partial charge in [0.05, 0.1) is 13.2 Å². The quantitative estimate of drug-likeness (QED) is 0.0762. The molecule has 8 heteroatoms. The molecule has 0 bridgehead atoms. The number of rotatable bonds is 17. The van der Waals surface area contributed by atoms with Crippen molar-refractivity contribution in [1.29, 1.82) is 0 Å². The van der Waals surface area contributed by atoms with Crippen LogP contribution in [0.25, 0.3) is 6.08 Å². The molecule has 0 heterocycles. The molecule has 0 aliphatic carbocycles. The zero-order chi connectivity index (χ0) is 25.9. The number of carbonyl (C=O) groups is 1. The fourth-order valence-corrected chi connectivity index (χ4v) is 3.04. The third kappa shape index (κ3) is 35.3. The molecule has 1 rings (SSSR count). The molecule has 0 N–H and O–H groups in total. The summed E-state index contributed by atoms with van der Waals surface area (Å²) in [5.41, 5.74) is 1.17. The minimum absolute atomic E-state index is 0. The molecule has 0 aliphatic rings. The van der Waals surface area contributed by atoms with Gasteiger partial charge in [-0.15, -0.1) is 0 Å². The number of esters is 1. The summed E-state index contributed by atoms with van der Waals surface area (Å²) in [5.74, 6) is -0.330. The van der Waals surface area contributed by atoms with E-state index in [0.717, 1.165) is 25.7 Å². The normalized spacial score (nSPS) is 9.91. The Morgan fingerprint density at radius 2 is 1.31 bits per heavy atom. The molecule has 0 spiro atoms. The van der Waals surface area contributed by atoms with Gasteiger partial charge in [0.2, 0.25) is 10.4 Å². The molecular formula is C27H45NaO6S. The fourth-order valence-electron chi connectivity index (χ4n) is 2.72. The number of hydrogen-bond donors (Lipinski definition) is 0. The van der Waals surface area contributed by atoms with E-state index in [-0.39, 0.29) is 42.1 Å². The summed E-state index contributed by atoms with van der Waals surface area (Å²) in [6, 6.07) is 10.0. The Hall–Kier alpha value is -0.960. The zero-order valence-corrected chi connectivity index (χ0v) is 25.0. The largest absolute Gasteiger partial charge is 1.00 e. The van der Waals surface area contributed by atoms with Crippen molar-refractivity contribution >= 4 is 22.4 Å². The second kappa shape index (κ2) is 29.3. The van der Waals surface area contributed by atoms with Crippen molar-refractivity contribution in [1.82, 2.24) is 0 Å². The van der Waals surface area contributed by atoms with Gasteiger partial charge in [0, 0.05) is 6.08 Å². The van der Waals surface area contributed by atoms with Gasteiger partial charge in [-0.2, -0.15) is 0 Å². The van der Waals surface area contributed by atoms with E-state index in [1.54, 1.807) is 0 Å². The summed E-state index contributed by atoms with van der Waals surface area (Å²) in [7, 11) is -4.48.